The number of amides is 1. The molecule has 6 nitrogen and oxygen atoms in total. The van der Waals surface area contributed by atoms with Crippen molar-refractivity contribution in [1.82, 2.24) is 14.8 Å². The molecule has 9 heteroatoms. The molecule has 1 N–H and O–H groups in total. The van der Waals surface area contributed by atoms with Gasteiger partial charge in [-0.15, -0.1) is 0 Å². The summed E-state index contributed by atoms with van der Waals surface area (Å²) in [4.78, 5) is 21.2. The third kappa shape index (κ3) is 4.12. The van der Waals surface area contributed by atoms with E-state index in [1.165, 1.54) is 24.3 Å². The smallest absolute Gasteiger partial charge is 0.223 e. The molecule has 0 saturated carbocycles. The van der Waals surface area contributed by atoms with Crippen molar-refractivity contribution >= 4 is 50.1 Å². The largest absolute Gasteiger partial charge is 0.302 e. The first-order chi connectivity index (χ1) is 14.9. The first kappa shape index (κ1) is 21.6. The zero-order chi connectivity index (χ0) is 22.1. The molecule has 0 atom stereocenters. The summed E-state index contributed by atoms with van der Waals surface area (Å²) in [6, 6.07) is 4.93. The number of nitrogens with zero attached hydrogens (tertiary/aromatic N) is 4. The molecule has 160 valence electrons. The first-order valence-electron chi connectivity index (χ1n) is 9.90. The van der Waals surface area contributed by atoms with Gasteiger partial charge >= 0.3 is 0 Å². The van der Waals surface area contributed by atoms with Crippen LogP contribution in [-0.4, -0.2) is 33.9 Å². The molecule has 2 aromatic heterocycles. The third-order valence-corrected chi connectivity index (χ3v) is 6.41. The van der Waals surface area contributed by atoms with Crippen LogP contribution in [0.5, 0.6) is 0 Å². The van der Waals surface area contributed by atoms with Crippen LogP contribution < -0.4 is 5.32 Å². The minimum absolute atomic E-state index is 0.174. The Hall–Kier alpha value is -2.65. The number of fused-ring (bicyclic) bond motifs is 3. The Kier molecular flexibility index (Phi) is 6.15. The van der Waals surface area contributed by atoms with Crippen LogP contribution in [0.4, 0.5) is 9.52 Å². The molecule has 1 aromatic carbocycles. The Morgan fingerprint density at radius 2 is 2.23 bits per heavy atom. The van der Waals surface area contributed by atoms with Gasteiger partial charge in [0.2, 0.25) is 5.91 Å². The number of benzene rings is 1. The van der Waals surface area contributed by atoms with E-state index in [0.717, 1.165) is 52.4 Å². The molecule has 0 unspecified atom stereocenters. The van der Waals surface area contributed by atoms with E-state index in [4.69, 9.17) is 5.10 Å². The van der Waals surface area contributed by atoms with E-state index in [1.807, 2.05) is 0 Å². The number of thiazole rings is 1. The molecule has 0 spiro atoms. The van der Waals surface area contributed by atoms with E-state index in [9.17, 15) is 9.18 Å². The predicted molar refractivity (Wildman–Crippen MR) is 127 cm³/mol. The number of carbonyl (C=O) groups is 1. The molecule has 4 rings (SSSR count). The molecule has 2 heterocycles. The Morgan fingerprint density at radius 3 is 2.90 bits per heavy atom. The lowest BCUT2D eigenvalue weighted by Crippen LogP contribution is -2.07. The highest BCUT2D eigenvalue weighted by molar-refractivity contribution is 9.10. The van der Waals surface area contributed by atoms with Crippen molar-refractivity contribution < 1.29 is 9.18 Å². The van der Waals surface area contributed by atoms with Crippen LogP contribution in [0.1, 0.15) is 37.2 Å². The van der Waals surface area contributed by atoms with Gasteiger partial charge in [-0.2, -0.15) is 5.10 Å². The molecule has 0 fully saturated rings. The molecule has 1 amide bonds. The number of carbonyl (C=O) groups excluding carboxylic acids is 1. The predicted octanol–water partition coefficient (Wildman–Crippen LogP) is 5.45. The first-order valence-corrected chi connectivity index (χ1v) is 11.5. The molecular weight excluding hydrogens is 481 g/mol. The van der Waals surface area contributed by atoms with Gasteiger partial charge in [-0.25, -0.2) is 14.1 Å². The van der Waals surface area contributed by atoms with Crippen molar-refractivity contribution in [1.29, 1.82) is 0 Å². The summed E-state index contributed by atoms with van der Waals surface area (Å²) in [7, 11) is 1.72. The quantitative estimate of drug-likeness (QED) is 0.472. The van der Waals surface area contributed by atoms with Crippen molar-refractivity contribution in [2.24, 2.45) is 4.99 Å². The molecular formula is C22H21BrFN5OS. The molecule has 31 heavy (non-hydrogen) atoms. The highest BCUT2D eigenvalue weighted by Gasteiger charge is 2.30. The molecule has 0 radical (unpaired) electrons. The topological polar surface area (TPSA) is 72.2 Å². The number of allylic oxidation sites excluding steroid dienone is 2. The van der Waals surface area contributed by atoms with Gasteiger partial charge in [-0.1, -0.05) is 40.3 Å². The lowest BCUT2D eigenvalue weighted by molar-refractivity contribution is -0.114. The van der Waals surface area contributed by atoms with Crippen LogP contribution in [0.2, 0.25) is 0 Å². The Bertz CT molecular complexity index is 1230. The second-order valence-corrected chi connectivity index (χ2v) is 9.03. The van der Waals surface area contributed by atoms with Crippen LogP contribution in [0.15, 0.2) is 33.7 Å². The summed E-state index contributed by atoms with van der Waals surface area (Å²) in [5.41, 5.74) is 4.80. The van der Waals surface area contributed by atoms with E-state index >= 15 is 0 Å². The number of aryl methyl sites for hydroxylation is 1. The summed E-state index contributed by atoms with van der Waals surface area (Å²) in [5.74, 6) is -0.554. The van der Waals surface area contributed by atoms with E-state index < -0.39 is 0 Å². The maximum Gasteiger partial charge on any atom is 0.223 e. The Balaban J connectivity index is 1.99. The Morgan fingerprint density at radius 1 is 1.42 bits per heavy atom. The monoisotopic (exact) mass is 501 g/mol. The molecule has 3 aromatic rings. The zero-order valence-electron chi connectivity index (χ0n) is 17.4. The lowest BCUT2D eigenvalue weighted by atomic mass is 9.95. The average Bonchev–Trinajstić information content (AvgIpc) is 3.28. The van der Waals surface area contributed by atoms with Crippen molar-refractivity contribution in [2.45, 2.75) is 33.1 Å². The average molecular weight is 502 g/mol. The van der Waals surface area contributed by atoms with Crippen molar-refractivity contribution in [3.63, 3.8) is 0 Å². The van der Waals surface area contributed by atoms with Crippen LogP contribution in [0, 0.1) is 5.82 Å². The standard InChI is InChI=1S/C22H21BrFN5OS/c1-4-5-13(11-25-3)19-15-7-8-17-21(31-22(27-17)26-12(2)30)20(15)29(28-19)18-9-6-14(23)10-16(18)24/h5-6,9-11H,4,7-8H2,1-3H3,(H,26,27,30)/b13-5+,25-11?. The third-order valence-electron chi connectivity index (χ3n) is 4.89. The number of rotatable bonds is 5. The van der Waals surface area contributed by atoms with Gasteiger partial charge in [0, 0.05) is 35.8 Å². The van der Waals surface area contributed by atoms with Crippen molar-refractivity contribution in [3.05, 3.63) is 51.5 Å². The number of halogens is 2. The minimum Gasteiger partial charge on any atom is -0.302 e. The van der Waals surface area contributed by atoms with Crippen LogP contribution in [-0.2, 0) is 17.6 Å². The maximum atomic E-state index is 15.0. The number of nitrogens with one attached hydrogen (secondary N) is 1. The number of aliphatic imine (C=N–C) groups is 1. The van der Waals surface area contributed by atoms with E-state index in [0.29, 0.717) is 15.3 Å². The zero-order valence-corrected chi connectivity index (χ0v) is 19.8. The fourth-order valence-corrected chi connectivity index (χ4v) is 5.15. The minimum atomic E-state index is -0.380. The number of aromatic nitrogens is 3. The SMILES string of the molecule is CC/C=C(\C=NC)c1nn(-c2ccc(Br)cc2F)c2c1CCc1nc(NC(C)=O)sc1-2. The summed E-state index contributed by atoms with van der Waals surface area (Å²) >= 11 is 4.71. The molecule has 1 aliphatic carbocycles. The highest BCUT2D eigenvalue weighted by atomic mass is 79.9. The summed E-state index contributed by atoms with van der Waals surface area (Å²) in [5, 5.41) is 8.16. The second kappa shape index (κ2) is 8.84. The van der Waals surface area contributed by atoms with Gasteiger partial charge in [-0.3, -0.25) is 9.79 Å². The summed E-state index contributed by atoms with van der Waals surface area (Å²) < 4.78 is 17.3. The molecule has 0 bridgehead atoms. The van der Waals surface area contributed by atoms with E-state index in [-0.39, 0.29) is 11.7 Å². The van der Waals surface area contributed by atoms with Gasteiger partial charge in [-0.05, 0) is 37.5 Å². The van der Waals surface area contributed by atoms with Crippen molar-refractivity contribution in [2.75, 3.05) is 12.4 Å². The Labute approximate surface area is 192 Å². The summed E-state index contributed by atoms with van der Waals surface area (Å²) in [6.07, 6.45) is 6.14. The fraction of sp³-hybridized carbons (Fsp3) is 0.273. The van der Waals surface area contributed by atoms with Gasteiger partial charge in [0.25, 0.3) is 0 Å². The van der Waals surface area contributed by atoms with Gasteiger partial charge in [0.05, 0.1) is 22.0 Å². The van der Waals surface area contributed by atoms with Gasteiger partial charge < -0.3 is 5.32 Å². The fourth-order valence-electron chi connectivity index (χ4n) is 3.70. The van der Waals surface area contributed by atoms with Crippen LogP contribution >= 0.6 is 27.3 Å². The van der Waals surface area contributed by atoms with E-state index in [2.05, 4.69) is 44.2 Å². The highest BCUT2D eigenvalue weighted by Crippen LogP contribution is 2.43. The number of hydrogen-bond donors (Lipinski definition) is 1. The van der Waals surface area contributed by atoms with Crippen LogP contribution in [0.3, 0.4) is 0 Å². The molecule has 0 saturated heterocycles. The maximum absolute atomic E-state index is 15.0. The second-order valence-electron chi connectivity index (χ2n) is 7.11. The summed E-state index contributed by atoms with van der Waals surface area (Å²) in [6.45, 7) is 3.51. The molecule has 0 aliphatic heterocycles. The number of hydrogen-bond acceptors (Lipinski definition) is 5. The van der Waals surface area contributed by atoms with E-state index in [1.54, 1.807) is 30.1 Å². The normalized spacial score (nSPS) is 13.4. The van der Waals surface area contributed by atoms with Crippen molar-refractivity contribution in [3.8, 4) is 16.3 Å². The van der Waals surface area contributed by atoms with Gasteiger partial charge in [0.15, 0.2) is 5.13 Å². The van der Waals surface area contributed by atoms with Gasteiger partial charge in [0.1, 0.15) is 11.5 Å². The molecule has 1 aliphatic rings. The number of anilines is 1. The van der Waals surface area contributed by atoms with Crippen LogP contribution in [0.25, 0.3) is 21.8 Å². The lowest BCUT2D eigenvalue weighted by Gasteiger charge is -2.14.